The molecule has 0 fully saturated rings. The van der Waals surface area contributed by atoms with Gasteiger partial charge in [0, 0.05) is 11.1 Å². The Morgan fingerprint density at radius 3 is 2.48 bits per heavy atom. The Hall–Kier alpha value is -2.45. The first-order valence-electron chi connectivity index (χ1n) is 7.92. The molecule has 7 nitrogen and oxygen atoms in total. The van der Waals surface area contributed by atoms with Gasteiger partial charge in [-0.05, 0) is 36.8 Å². The van der Waals surface area contributed by atoms with Gasteiger partial charge < -0.3 is 14.8 Å². The molecule has 0 bridgehead atoms. The van der Waals surface area contributed by atoms with Gasteiger partial charge in [0.1, 0.15) is 18.0 Å². The van der Waals surface area contributed by atoms with E-state index in [9.17, 15) is 13.2 Å². The lowest BCUT2D eigenvalue weighted by Gasteiger charge is -2.24. The van der Waals surface area contributed by atoms with E-state index < -0.39 is 22.5 Å². The molecule has 0 aliphatic rings. The van der Waals surface area contributed by atoms with Crippen LogP contribution in [0.3, 0.4) is 0 Å². The van der Waals surface area contributed by atoms with Crippen LogP contribution in [0.15, 0.2) is 36.4 Å². The summed E-state index contributed by atoms with van der Waals surface area (Å²) in [4.78, 5) is 12.6. The van der Waals surface area contributed by atoms with Crippen molar-refractivity contribution in [3.63, 3.8) is 0 Å². The molecule has 0 radical (unpaired) electrons. The van der Waals surface area contributed by atoms with Crippen molar-refractivity contribution in [2.75, 3.05) is 36.6 Å². The molecular formula is C18H21ClN2O5S. The minimum absolute atomic E-state index is 0.345. The highest BCUT2D eigenvalue weighted by molar-refractivity contribution is 7.92. The largest absolute Gasteiger partial charge is 0.497 e. The van der Waals surface area contributed by atoms with Gasteiger partial charge in [-0.2, -0.15) is 0 Å². The van der Waals surface area contributed by atoms with E-state index in [1.54, 1.807) is 43.3 Å². The summed E-state index contributed by atoms with van der Waals surface area (Å²) in [7, 11) is -0.747. The van der Waals surface area contributed by atoms with Gasteiger partial charge in [0.15, 0.2) is 0 Å². The number of carbonyl (C=O) groups excluding carboxylic acids is 1. The first-order chi connectivity index (χ1) is 12.7. The fraction of sp³-hybridized carbons (Fsp3) is 0.278. The fourth-order valence-corrected chi connectivity index (χ4v) is 3.56. The van der Waals surface area contributed by atoms with Crippen molar-refractivity contribution in [3.05, 3.63) is 47.0 Å². The molecule has 1 N–H and O–H groups in total. The average Bonchev–Trinajstić information content (AvgIpc) is 2.61. The molecule has 0 unspecified atom stereocenters. The van der Waals surface area contributed by atoms with Crippen LogP contribution in [0.4, 0.5) is 11.4 Å². The fourth-order valence-electron chi connectivity index (χ4n) is 2.48. The van der Waals surface area contributed by atoms with Crippen LogP contribution >= 0.6 is 11.6 Å². The predicted octanol–water partition coefficient (Wildman–Crippen LogP) is 3.07. The van der Waals surface area contributed by atoms with Crippen molar-refractivity contribution in [1.82, 2.24) is 0 Å². The van der Waals surface area contributed by atoms with Crippen LogP contribution in [0.5, 0.6) is 11.5 Å². The zero-order valence-electron chi connectivity index (χ0n) is 15.4. The summed E-state index contributed by atoms with van der Waals surface area (Å²) < 4.78 is 35.9. The summed E-state index contributed by atoms with van der Waals surface area (Å²) in [6, 6.07) is 9.80. The van der Waals surface area contributed by atoms with Gasteiger partial charge in [0.25, 0.3) is 0 Å². The number of halogens is 1. The lowest BCUT2D eigenvalue weighted by molar-refractivity contribution is -0.114. The van der Waals surface area contributed by atoms with Crippen molar-refractivity contribution in [2.45, 2.75) is 6.92 Å². The SMILES string of the molecule is COc1ccc(OC)c(NC(=O)CN(c2cccc(Cl)c2C)S(C)(=O)=O)c1. The summed E-state index contributed by atoms with van der Waals surface area (Å²) in [6.45, 7) is 1.28. The quantitative estimate of drug-likeness (QED) is 0.755. The van der Waals surface area contributed by atoms with Crippen LogP contribution in [0.2, 0.25) is 5.02 Å². The third-order valence-corrected chi connectivity index (χ3v) is 5.41. The lowest BCUT2D eigenvalue weighted by Crippen LogP contribution is -2.38. The Kier molecular flexibility index (Phi) is 6.56. The van der Waals surface area contributed by atoms with Crippen molar-refractivity contribution in [2.24, 2.45) is 0 Å². The highest BCUT2D eigenvalue weighted by atomic mass is 35.5. The first kappa shape index (κ1) is 20.9. The molecule has 2 aromatic carbocycles. The Balaban J connectivity index is 2.32. The number of amides is 1. The lowest BCUT2D eigenvalue weighted by atomic mass is 10.2. The summed E-state index contributed by atoms with van der Waals surface area (Å²) >= 11 is 6.09. The number of anilines is 2. The van der Waals surface area contributed by atoms with Crippen LogP contribution < -0.4 is 19.1 Å². The minimum atomic E-state index is -3.72. The van der Waals surface area contributed by atoms with E-state index in [0.29, 0.717) is 33.5 Å². The number of hydrogen-bond acceptors (Lipinski definition) is 5. The summed E-state index contributed by atoms with van der Waals surface area (Å²) in [5.41, 5.74) is 1.28. The maximum Gasteiger partial charge on any atom is 0.245 e. The van der Waals surface area contributed by atoms with Gasteiger partial charge in [-0.1, -0.05) is 17.7 Å². The van der Waals surface area contributed by atoms with Crippen LogP contribution in [0.25, 0.3) is 0 Å². The smallest absolute Gasteiger partial charge is 0.245 e. The standard InChI is InChI=1S/C18H21ClN2O5S/c1-12-14(19)6-5-7-16(12)21(27(4,23)24)11-18(22)20-15-10-13(25-2)8-9-17(15)26-3/h5-10H,11H2,1-4H3,(H,20,22). The van der Waals surface area contributed by atoms with Gasteiger partial charge in [-0.25, -0.2) is 8.42 Å². The number of methoxy groups -OCH3 is 2. The monoisotopic (exact) mass is 412 g/mol. The number of hydrogen-bond donors (Lipinski definition) is 1. The Labute approximate surface area is 163 Å². The molecule has 146 valence electrons. The average molecular weight is 413 g/mol. The Bertz CT molecular complexity index is 947. The maximum atomic E-state index is 12.6. The number of nitrogens with zero attached hydrogens (tertiary/aromatic N) is 1. The zero-order valence-corrected chi connectivity index (χ0v) is 17.0. The molecule has 0 saturated carbocycles. The second-order valence-electron chi connectivity index (χ2n) is 5.77. The predicted molar refractivity (Wildman–Crippen MR) is 107 cm³/mol. The highest BCUT2D eigenvalue weighted by Gasteiger charge is 2.23. The molecule has 1 amide bonds. The van der Waals surface area contributed by atoms with Crippen molar-refractivity contribution in [3.8, 4) is 11.5 Å². The van der Waals surface area contributed by atoms with Crippen LogP contribution in [0.1, 0.15) is 5.56 Å². The third kappa shape index (κ3) is 5.05. The summed E-state index contributed by atoms with van der Waals surface area (Å²) in [6.07, 6.45) is 1.03. The van der Waals surface area contributed by atoms with Gasteiger partial charge in [-0.3, -0.25) is 9.10 Å². The molecule has 27 heavy (non-hydrogen) atoms. The molecule has 0 saturated heterocycles. The van der Waals surface area contributed by atoms with Gasteiger partial charge in [0.05, 0.1) is 31.9 Å². The molecule has 0 aromatic heterocycles. The Morgan fingerprint density at radius 1 is 1.19 bits per heavy atom. The van der Waals surface area contributed by atoms with E-state index in [2.05, 4.69) is 5.32 Å². The summed E-state index contributed by atoms with van der Waals surface area (Å²) in [5.74, 6) is 0.414. The van der Waals surface area contributed by atoms with E-state index in [0.717, 1.165) is 10.6 Å². The van der Waals surface area contributed by atoms with E-state index in [4.69, 9.17) is 21.1 Å². The van der Waals surface area contributed by atoms with Crippen molar-refractivity contribution in [1.29, 1.82) is 0 Å². The van der Waals surface area contributed by atoms with Crippen LogP contribution in [-0.2, 0) is 14.8 Å². The normalized spacial score (nSPS) is 11.0. The van der Waals surface area contributed by atoms with Crippen LogP contribution in [0, 0.1) is 6.92 Å². The minimum Gasteiger partial charge on any atom is -0.497 e. The second-order valence-corrected chi connectivity index (χ2v) is 8.08. The first-order valence-corrected chi connectivity index (χ1v) is 10.1. The van der Waals surface area contributed by atoms with Gasteiger partial charge >= 0.3 is 0 Å². The molecule has 2 aromatic rings. The third-order valence-electron chi connectivity index (χ3n) is 3.88. The molecule has 9 heteroatoms. The number of nitrogens with one attached hydrogen (secondary N) is 1. The highest BCUT2D eigenvalue weighted by Crippen LogP contribution is 2.30. The number of benzene rings is 2. The van der Waals surface area contributed by atoms with Crippen molar-refractivity contribution >= 4 is 38.9 Å². The molecule has 0 heterocycles. The van der Waals surface area contributed by atoms with E-state index in [-0.39, 0.29) is 0 Å². The molecule has 2 rings (SSSR count). The zero-order chi connectivity index (χ0) is 20.2. The topological polar surface area (TPSA) is 84.9 Å². The van der Waals surface area contributed by atoms with E-state index in [1.807, 2.05) is 0 Å². The maximum absolute atomic E-state index is 12.6. The molecule has 0 atom stereocenters. The molecule has 0 aliphatic heterocycles. The molecule has 0 spiro atoms. The summed E-state index contributed by atoms with van der Waals surface area (Å²) in [5, 5.41) is 3.07. The molecular weight excluding hydrogens is 392 g/mol. The van der Waals surface area contributed by atoms with E-state index >= 15 is 0 Å². The number of rotatable bonds is 7. The van der Waals surface area contributed by atoms with E-state index in [1.165, 1.54) is 14.2 Å². The number of ether oxygens (including phenoxy) is 2. The van der Waals surface area contributed by atoms with Gasteiger partial charge in [-0.15, -0.1) is 0 Å². The number of sulfonamides is 1. The van der Waals surface area contributed by atoms with Gasteiger partial charge in [0.2, 0.25) is 15.9 Å². The second kappa shape index (κ2) is 8.49. The Morgan fingerprint density at radius 2 is 1.89 bits per heavy atom. The number of carbonyl (C=O) groups is 1. The molecule has 0 aliphatic carbocycles. The van der Waals surface area contributed by atoms with Crippen molar-refractivity contribution < 1.29 is 22.7 Å². The van der Waals surface area contributed by atoms with Crippen LogP contribution in [-0.4, -0.2) is 41.3 Å².